The molecule has 0 amide bonds. The zero-order valence-electron chi connectivity index (χ0n) is 28.7. The fourth-order valence-corrected chi connectivity index (χ4v) is 7.50. The maximum absolute atomic E-state index is 14.6. The van der Waals surface area contributed by atoms with E-state index >= 15 is 0 Å². The fourth-order valence-electron chi connectivity index (χ4n) is 6.46. The number of hydrogen-bond donors (Lipinski definition) is 0. The fraction of sp³-hybridized carbons (Fsp3) is 0.140. The first kappa shape index (κ1) is 33.5. The lowest BCUT2D eigenvalue weighted by Gasteiger charge is -2.24. The van der Waals surface area contributed by atoms with Gasteiger partial charge in [-0.25, -0.2) is 9.79 Å². The van der Waals surface area contributed by atoms with Crippen molar-refractivity contribution in [2.24, 2.45) is 4.99 Å². The zero-order chi connectivity index (χ0) is 35.5. The van der Waals surface area contributed by atoms with Crippen LogP contribution in [0, 0.1) is 6.92 Å². The van der Waals surface area contributed by atoms with Gasteiger partial charge in [0.2, 0.25) is 0 Å². The Labute approximate surface area is 300 Å². The number of carbonyl (C=O) groups is 1. The third kappa shape index (κ3) is 6.54. The Bertz CT molecular complexity index is 2440. The summed E-state index contributed by atoms with van der Waals surface area (Å²) in [5.41, 5.74) is 8.41. The SMILES string of the molecule is C=CCOc1ccc([C@@H]2C(C(=O)OCC)=C(C)N=c3s/c(=C\c4cc(-c5ccccc5)n(-c5ccc(C)cc5)c4-c4ccccc4)c(=O)n32)cc1. The Morgan fingerprint density at radius 2 is 1.57 bits per heavy atom. The van der Waals surface area contributed by atoms with Crippen molar-refractivity contribution in [1.82, 2.24) is 9.13 Å². The molecule has 3 heterocycles. The van der Waals surface area contributed by atoms with Crippen LogP contribution in [-0.2, 0) is 9.53 Å². The number of allylic oxidation sites excluding steroid dienone is 1. The van der Waals surface area contributed by atoms with Gasteiger partial charge in [-0.1, -0.05) is 114 Å². The molecule has 254 valence electrons. The molecule has 2 aromatic heterocycles. The van der Waals surface area contributed by atoms with Crippen LogP contribution in [-0.4, -0.2) is 28.3 Å². The number of nitrogens with zero attached hydrogens (tertiary/aromatic N) is 3. The van der Waals surface area contributed by atoms with Gasteiger partial charge < -0.3 is 14.0 Å². The predicted molar refractivity (Wildman–Crippen MR) is 204 cm³/mol. The van der Waals surface area contributed by atoms with Crippen molar-refractivity contribution in [2.75, 3.05) is 13.2 Å². The van der Waals surface area contributed by atoms with Crippen molar-refractivity contribution >= 4 is 23.4 Å². The van der Waals surface area contributed by atoms with Crippen LogP contribution in [0.4, 0.5) is 0 Å². The van der Waals surface area contributed by atoms with Crippen LogP contribution in [0.25, 0.3) is 34.3 Å². The molecule has 8 heteroatoms. The van der Waals surface area contributed by atoms with E-state index in [0.29, 0.717) is 33.0 Å². The molecule has 51 heavy (non-hydrogen) atoms. The maximum atomic E-state index is 14.6. The number of carbonyl (C=O) groups excluding carboxylic acids is 1. The molecule has 0 fully saturated rings. The molecule has 0 unspecified atom stereocenters. The minimum absolute atomic E-state index is 0.199. The van der Waals surface area contributed by atoms with Gasteiger partial charge in [0.15, 0.2) is 4.80 Å². The number of ether oxygens (including phenoxy) is 2. The number of fused-ring (bicyclic) bond motifs is 1. The van der Waals surface area contributed by atoms with Crippen LogP contribution in [0.1, 0.15) is 36.6 Å². The quantitative estimate of drug-likeness (QED) is 0.109. The lowest BCUT2D eigenvalue weighted by Crippen LogP contribution is -2.39. The molecule has 0 radical (unpaired) electrons. The zero-order valence-corrected chi connectivity index (χ0v) is 29.5. The first-order chi connectivity index (χ1) is 24.9. The Balaban J connectivity index is 1.47. The van der Waals surface area contributed by atoms with E-state index < -0.39 is 12.0 Å². The number of hydrogen-bond acceptors (Lipinski definition) is 6. The average molecular weight is 692 g/mol. The lowest BCUT2D eigenvalue weighted by molar-refractivity contribution is -0.139. The maximum Gasteiger partial charge on any atom is 0.338 e. The Morgan fingerprint density at radius 1 is 0.902 bits per heavy atom. The van der Waals surface area contributed by atoms with Gasteiger partial charge in [0.25, 0.3) is 5.56 Å². The highest BCUT2D eigenvalue weighted by Crippen LogP contribution is 2.37. The highest BCUT2D eigenvalue weighted by atomic mass is 32.1. The van der Waals surface area contributed by atoms with E-state index in [1.54, 1.807) is 24.5 Å². The third-order valence-electron chi connectivity index (χ3n) is 8.81. The Hall–Kier alpha value is -5.99. The number of rotatable bonds is 10. The minimum atomic E-state index is -0.735. The standard InChI is InChI=1S/C43H37N3O4S/c1-5-25-50-35-23-19-32(20-24-35)40-38(42(48)49-6-2)29(4)44-43-46(40)41(47)37(51-43)27-33-26-36(30-13-9-7-10-14-30)45(34-21-17-28(3)18-22-34)39(33)31-15-11-8-12-16-31/h5,7-24,26-27,40H,1,6,25H2,2-4H3/b37-27-/t40-/m1/s1. The van der Waals surface area contributed by atoms with Gasteiger partial charge >= 0.3 is 5.97 Å². The van der Waals surface area contributed by atoms with Gasteiger partial charge in [-0.05, 0) is 73.9 Å². The van der Waals surface area contributed by atoms with E-state index in [4.69, 9.17) is 14.5 Å². The van der Waals surface area contributed by atoms with Crippen LogP contribution in [0.15, 0.2) is 149 Å². The molecule has 0 bridgehead atoms. The monoisotopic (exact) mass is 691 g/mol. The molecular weight excluding hydrogens is 655 g/mol. The molecule has 0 aliphatic carbocycles. The molecule has 1 aliphatic rings. The van der Waals surface area contributed by atoms with E-state index in [-0.39, 0.29) is 12.2 Å². The second kappa shape index (κ2) is 14.5. The summed E-state index contributed by atoms with van der Waals surface area (Å²) in [6.45, 7) is 9.92. The van der Waals surface area contributed by atoms with E-state index in [1.807, 2.05) is 66.7 Å². The second-order valence-corrected chi connectivity index (χ2v) is 13.2. The summed E-state index contributed by atoms with van der Waals surface area (Å²) in [7, 11) is 0. The smallest absolute Gasteiger partial charge is 0.338 e. The van der Waals surface area contributed by atoms with Crippen LogP contribution in [0.3, 0.4) is 0 Å². The highest BCUT2D eigenvalue weighted by Gasteiger charge is 2.33. The summed E-state index contributed by atoms with van der Waals surface area (Å²) in [6.07, 6.45) is 3.63. The molecule has 0 saturated heterocycles. The van der Waals surface area contributed by atoms with Crippen LogP contribution >= 0.6 is 11.3 Å². The largest absolute Gasteiger partial charge is 0.490 e. The number of esters is 1. The summed E-state index contributed by atoms with van der Waals surface area (Å²) in [5.74, 6) is 0.157. The van der Waals surface area contributed by atoms with Gasteiger partial charge in [-0.15, -0.1) is 0 Å². The number of aryl methyl sites for hydroxylation is 1. The van der Waals surface area contributed by atoms with Crippen LogP contribution in [0.5, 0.6) is 5.75 Å². The van der Waals surface area contributed by atoms with Crippen LogP contribution in [0.2, 0.25) is 0 Å². The first-order valence-corrected chi connectivity index (χ1v) is 17.7. The predicted octanol–water partition coefficient (Wildman–Crippen LogP) is 7.80. The van der Waals surface area contributed by atoms with Gasteiger partial charge in [-0.3, -0.25) is 9.36 Å². The van der Waals surface area contributed by atoms with Gasteiger partial charge in [0.05, 0.1) is 39.8 Å². The normalized spacial score (nSPS) is 14.2. The summed E-state index contributed by atoms with van der Waals surface area (Å²) >= 11 is 1.31. The van der Waals surface area contributed by atoms with E-state index in [0.717, 1.165) is 39.3 Å². The molecule has 1 atom stereocenters. The molecular formula is C43H37N3O4S. The van der Waals surface area contributed by atoms with Gasteiger partial charge in [-0.2, -0.15) is 0 Å². The second-order valence-electron chi connectivity index (χ2n) is 12.2. The van der Waals surface area contributed by atoms with Crippen molar-refractivity contribution in [3.05, 3.63) is 176 Å². The molecule has 7 nitrogen and oxygen atoms in total. The summed E-state index contributed by atoms with van der Waals surface area (Å²) in [5, 5.41) is 0. The summed E-state index contributed by atoms with van der Waals surface area (Å²) in [4.78, 5) is 33.4. The van der Waals surface area contributed by atoms with Crippen molar-refractivity contribution < 1.29 is 14.3 Å². The summed E-state index contributed by atoms with van der Waals surface area (Å²) < 4.78 is 15.6. The number of benzene rings is 4. The van der Waals surface area contributed by atoms with Crippen molar-refractivity contribution in [2.45, 2.75) is 26.8 Å². The molecule has 0 spiro atoms. The number of thiazole rings is 1. The highest BCUT2D eigenvalue weighted by molar-refractivity contribution is 7.07. The third-order valence-corrected chi connectivity index (χ3v) is 9.79. The summed E-state index contributed by atoms with van der Waals surface area (Å²) in [6, 6.07) is 37.8. The molecule has 1 aliphatic heterocycles. The van der Waals surface area contributed by atoms with Crippen molar-refractivity contribution in [3.63, 3.8) is 0 Å². The van der Waals surface area contributed by atoms with Crippen molar-refractivity contribution in [3.8, 4) is 34.0 Å². The van der Waals surface area contributed by atoms with E-state index in [9.17, 15) is 9.59 Å². The van der Waals surface area contributed by atoms with E-state index in [2.05, 4.69) is 72.7 Å². The lowest BCUT2D eigenvalue weighted by atomic mass is 9.96. The topological polar surface area (TPSA) is 74.8 Å². The van der Waals surface area contributed by atoms with Crippen molar-refractivity contribution in [1.29, 1.82) is 0 Å². The first-order valence-electron chi connectivity index (χ1n) is 16.8. The molecule has 7 rings (SSSR count). The van der Waals surface area contributed by atoms with Gasteiger partial charge in [0, 0.05) is 11.3 Å². The molecule has 6 aromatic rings. The van der Waals surface area contributed by atoms with Crippen LogP contribution < -0.4 is 19.6 Å². The van der Waals surface area contributed by atoms with E-state index in [1.165, 1.54) is 16.9 Å². The van der Waals surface area contributed by atoms with Gasteiger partial charge in [0.1, 0.15) is 12.4 Å². The average Bonchev–Trinajstić information content (AvgIpc) is 3.68. The molecule has 0 N–H and O–H groups in total. The molecule has 4 aromatic carbocycles. The Kier molecular flexibility index (Phi) is 9.51. The molecule has 0 saturated carbocycles. The Morgan fingerprint density at radius 3 is 2.22 bits per heavy atom. The number of aromatic nitrogens is 2. The minimum Gasteiger partial charge on any atom is -0.490 e.